The first-order chi connectivity index (χ1) is 10.8. The SMILES string of the molecule is CC(C)(C)c1nc(CC(=O)NC(C(=O)O)C2CCCOC2)cs1. The second-order valence-corrected chi connectivity index (χ2v) is 7.79. The van der Waals surface area contributed by atoms with E-state index in [-0.39, 0.29) is 23.7 Å². The molecular weight excluding hydrogens is 316 g/mol. The van der Waals surface area contributed by atoms with E-state index >= 15 is 0 Å². The van der Waals surface area contributed by atoms with Crippen molar-refractivity contribution >= 4 is 23.2 Å². The van der Waals surface area contributed by atoms with Crippen LogP contribution in [0.2, 0.25) is 0 Å². The Bertz CT molecular complexity index is 559. The molecule has 0 aromatic carbocycles. The summed E-state index contributed by atoms with van der Waals surface area (Å²) in [4.78, 5) is 28.1. The number of rotatable bonds is 5. The predicted molar refractivity (Wildman–Crippen MR) is 87.6 cm³/mol. The quantitative estimate of drug-likeness (QED) is 0.855. The fourth-order valence-corrected chi connectivity index (χ4v) is 3.44. The zero-order chi connectivity index (χ0) is 17.0. The van der Waals surface area contributed by atoms with Crippen molar-refractivity contribution in [2.24, 2.45) is 5.92 Å². The van der Waals surface area contributed by atoms with Gasteiger partial charge in [0.1, 0.15) is 6.04 Å². The molecule has 128 valence electrons. The summed E-state index contributed by atoms with van der Waals surface area (Å²) in [6, 6.07) is -0.900. The van der Waals surface area contributed by atoms with Gasteiger partial charge in [-0.1, -0.05) is 20.8 Å². The Morgan fingerprint density at radius 3 is 2.78 bits per heavy atom. The topological polar surface area (TPSA) is 88.5 Å². The maximum atomic E-state index is 12.2. The van der Waals surface area contributed by atoms with Gasteiger partial charge < -0.3 is 15.2 Å². The summed E-state index contributed by atoms with van der Waals surface area (Å²) >= 11 is 1.52. The zero-order valence-corrected chi connectivity index (χ0v) is 14.6. The van der Waals surface area contributed by atoms with Gasteiger partial charge in [-0.2, -0.15) is 0 Å². The van der Waals surface area contributed by atoms with Crippen LogP contribution in [-0.2, 0) is 26.2 Å². The van der Waals surface area contributed by atoms with Crippen LogP contribution in [0.3, 0.4) is 0 Å². The molecule has 1 aromatic heterocycles. The van der Waals surface area contributed by atoms with E-state index in [4.69, 9.17) is 4.74 Å². The molecule has 1 amide bonds. The van der Waals surface area contributed by atoms with E-state index in [2.05, 4.69) is 31.1 Å². The van der Waals surface area contributed by atoms with Gasteiger partial charge in [-0.15, -0.1) is 11.3 Å². The molecule has 0 saturated carbocycles. The first kappa shape index (κ1) is 17.9. The van der Waals surface area contributed by atoms with Gasteiger partial charge in [0.2, 0.25) is 5.91 Å². The van der Waals surface area contributed by atoms with Crippen LogP contribution < -0.4 is 5.32 Å². The van der Waals surface area contributed by atoms with Gasteiger partial charge in [-0.25, -0.2) is 9.78 Å². The lowest BCUT2D eigenvalue weighted by Crippen LogP contribution is -2.48. The predicted octanol–water partition coefficient (Wildman–Crippen LogP) is 1.98. The number of hydrogen-bond acceptors (Lipinski definition) is 5. The van der Waals surface area contributed by atoms with Crippen LogP contribution in [0.4, 0.5) is 0 Å². The minimum Gasteiger partial charge on any atom is -0.480 e. The summed E-state index contributed by atoms with van der Waals surface area (Å²) in [7, 11) is 0. The van der Waals surface area contributed by atoms with Crippen molar-refractivity contribution in [2.45, 2.75) is 51.5 Å². The Kier molecular flexibility index (Phi) is 5.75. The molecule has 1 aliphatic heterocycles. The van der Waals surface area contributed by atoms with Gasteiger partial charge in [0.25, 0.3) is 0 Å². The Morgan fingerprint density at radius 1 is 1.52 bits per heavy atom. The number of aromatic nitrogens is 1. The molecule has 0 spiro atoms. The van der Waals surface area contributed by atoms with Gasteiger partial charge in [0.05, 0.1) is 23.7 Å². The highest BCUT2D eigenvalue weighted by Crippen LogP contribution is 2.25. The molecule has 2 N–H and O–H groups in total. The number of carbonyl (C=O) groups is 2. The van der Waals surface area contributed by atoms with Crippen LogP contribution in [0.15, 0.2) is 5.38 Å². The normalized spacial score (nSPS) is 20.0. The van der Waals surface area contributed by atoms with Crippen molar-refractivity contribution in [1.82, 2.24) is 10.3 Å². The van der Waals surface area contributed by atoms with Crippen LogP contribution in [0.25, 0.3) is 0 Å². The van der Waals surface area contributed by atoms with E-state index in [0.29, 0.717) is 18.9 Å². The molecule has 0 bridgehead atoms. The van der Waals surface area contributed by atoms with Crippen LogP contribution in [0.1, 0.15) is 44.3 Å². The largest absolute Gasteiger partial charge is 0.480 e. The van der Waals surface area contributed by atoms with E-state index in [1.807, 2.05) is 5.38 Å². The fraction of sp³-hybridized carbons (Fsp3) is 0.688. The lowest BCUT2D eigenvalue weighted by Gasteiger charge is -2.28. The Labute approximate surface area is 140 Å². The van der Waals surface area contributed by atoms with Gasteiger partial charge >= 0.3 is 5.97 Å². The summed E-state index contributed by atoms with van der Waals surface area (Å²) in [5.74, 6) is -1.50. The molecule has 2 unspecified atom stereocenters. The standard InChI is InChI=1S/C16H24N2O4S/c1-16(2,3)15-17-11(9-23-15)7-12(19)18-13(14(20)21)10-5-4-6-22-8-10/h9-10,13H,4-8H2,1-3H3,(H,18,19)(H,20,21). The third kappa shape index (κ3) is 5.00. The number of carboxylic acid groups (broad SMARTS) is 1. The van der Waals surface area contributed by atoms with Crippen molar-refractivity contribution < 1.29 is 19.4 Å². The summed E-state index contributed by atoms with van der Waals surface area (Å²) < 4.78 is 5.33. The van der Waals surface area contributed by atoms with E-state index in [0.717, 1.165) is 17.8 Å². The summed E-state index contributed by atoms with van der Waals surface area (Å²) in [5.41, 5.74) is 0.629. The van der Waals surface area contributed by atoms with Crippen molar-refractivity contribution in [3.63, 3.8) is 0 Å². The van der Waals surface area contributed by atoms with E-state index < -0.39 is 12.0 Å². The van der Waals surface area contributed by atoms with Gasteiger partial charge in [0.15, 0.2) is 0 Å². The number of ether oxygens (including phenoxy) is 1. The van der Waals surface area contributed by atoms with Crippen molar-refractivity contribution in [3.8, 4) is 0 Å². The number of carbonyl (C=O) groups excluding carboxylic acids is 1. The number of thiazole rings is 1. The Hall–Kier alpha value is -1.47. The van der Waals surface area contributed by atoms with Crippen LogP contribution >= 0.6 is 11.3 Å². The first-order valence-electron chi connectivity index (χ1n) is 7.82. The minimum atomic E-state index is -1.01. The fourth-order valence-electron chi connectivity index (χ4n) is 2.53. The molecule has 2 rings (SSSR count). The zero-order valence-electron chi connectivity index (χ0n) is 13.8. The smallest absolute Gasteiger partial charge is 0.326 e. The average molecular weight is 340 g/mol. The highest BCUT2D eigenvalue weighted by Gasteiger charge is 2.31. The number of nitrogens with zero attached hydrogens (tertiary/aromatic N) is 1. The Morgan fingerprint density at radius 2 is 2.26 bits per heavy atom. The molecule has 0 aliphatic carbocycles. The monoisotopic (exact) mass is 340 g/mol. The van der Waals surface area contributed by atoms with Crippen molar-refractivity contribution in [1.29, 1.82) is 0 Å². The Balaban J connectivity index is 1.96. The van der Waals surface area contributed by atoms with E-state index in [9.17, 15) is 14.7 Å². The third-order valence-electron chi connectivity index (χ3n) is 3.78. The molecule has 1 saturated heterocycles. The van der Waals surface area contributed by atoms with Gasteiger partial charge in [0, 0.05) is 23.3 Å². The molecule has 0 radical (unpaired) electrons. The van der Waals surface area contributed by atoms with E-state index in [1.165, 1.54) is 11.3 Å². The number of carboxylic acids is 1. The molecule has 23 heavy (non-hydrogen) atoms. The van der Waals surface area contributed by atoms with E-state index in [1.54, 1.807) is 0 Å². The highest BCUT2D eigenvalue weighted by atomic mass is 32.1. The molecule has 2 atom stereocenters. The molecular formula is C16H24N2O4S. The molecule has 2 heterocycles. The average Bonchev–Trinajstić information content (AvgIpc) is 2.94. The van der Waals surface area contributed by atoms with Gasteiger partial charge in [-0.3, -0.25) is 4.79 Å². The molecule has 6 nitrogen and oxygen atoms in total. The first-order valence-corrected chi connectivity index (χ1v) is 8.70. The number of hydrogen-bond donors (Lipinski definition) is 2. The second-order valence-electron chi connectivity index (χ2n) is 6.93. The molecule has 1 aromatic rings. The lowest BCUT2D eigenvalue weighted by atomic mass is 9.93. The molecule has 1 fully saturated rings. The molecule has 1 aliphatic rings. The molecule has 7 heteroatoms. The number of nitrogens with one attached hydrogen (secondary N) is 1. The maximum absolute atomic E-state index is 12.2. The maximum Gasteiger partial charge on any atom is 0.326 e. The van der Waals surface area contributed by atoms with Crippen molar-refractivity contribution in [3.05, 3.63) is 16.1 Å². The van der Waals surface area contributed by atoms with Gasteiger partial charge in [-0.05, 0) is 12.8 Å². The highest BCUT2D eigenvalue weighted by molar-refractivity contribution is 7.09. The van der Waals surface area contributed by atoms with Crippen LogP contribution in [0.5, 0.6) is 0 Å². The summed E-state index contributed by atoms with van der Waals surface area (Å²) in [5, 5.41) is 14.8. The van der Waals surface area contributed by atoms with Crippen LogP contribution in [0, 0.1) is 5.92 Å². The number of amides is 1. The summed E-state index contributed by atoms with van der Waals surface area (Å²) in [6.45, 7) is 7.24. The lowest BCUT2D eigenvalue weighted by molar-refractivity contribution is -0.145. The minimum absolute atomic E-state index is 0.0531. The summed E-state index contributed by atoms with van der Waals surface area (Å²) in [6.07, 6.45) is 1.68. The second kappa shape index (κ2) is 7.40. The van der Waals surface area contributed by atoms with Crippen molar-refractivity contribution in [2.75, 3.05) is 13.2 Å². The number of aliphatic carboxylic acids is 1. The third-order valence-corrected chi connectivity index (χ3v) is 5.10. The van der Waals surface area contributed by atoms with Crippen LogP contribution in [-0.4, -0.2) is 41.2 Å².